The zero-order valence-electron chi connectivity index (χ0n) is 11.7. The molecule has 0 bridgehead atoms. The summed E-state index contributed by atoms with van der Waals surface area (Å²) in [4.78, 5) is 3.46. The first kappa shape index (κ1) is 15.4. The van der Waals surface area contributed by atoms with Crippen LogP contribution in [0.1, 0.15) is 24.6 Å². The van der Waals surface area contributed by atoms with E-state index in [1.165, 1.54) is 17.8 Å². The Labute approximate surface area is 122 Å². The summed E-state index contributed by atoms with van der Waals surface area (Å²) in [5, 5.41) is 3.23. The number of hydrogen-bond acceptors (Lipinski definition) is 2. The van der Waals surface area contributed by atoms with Crippen molar-refractivity contribution in [2.45, 2.75) is 32.0 Å². The van der Waals surface area contributed by atoms with Crippen LogP contribution in [0.2, 0.25) is 0 Å². The van der Waals surface area contributed by atoms with E-state index in [0.717, 1.165) is 18.9 Å². The first-order valence-electron chi connectivity index (χ1n) is 6.82. The van der Waals surface area contributed by atoms with E-state index in [1.807, 2.05) is 37.3 Å². The Hall–Kier alpha value is -2.04. The number of aromatic nitrogens is 1. The van der Waals surface area contributed by atoms with Gasteiger partial charge in [0.25, 0.3) is 0 Å². The summed E-state index contributed by atoms with van der Waals surface area (Å²) in [6.45, 7) is 2.04. The fourth-order valence-corrected chi connectivity index (χ4v) is 2.08. The predicted molar refractivity (Wildman–Crippen MR) is 77.1 cm³/mol. The lowest BCUT2D eigenvalue weighted by Gasteiger charge is -2.18. The minimum Gasteiger partial charge on any atom is -0.381 e. The van der Waals surface area contributed by atoms with E-state index in [0.29, 0.717) is 5.69 Å². The second-order valence-electron chi connectivity index (χ2n) is 4.87. The van der Waals surface area contributed by atoms with E-state index in [-0.39, 0.29) is 6.04 Å². The summed E-state index contributed by atoms with van der Waals surface area (Å²) in [5.41, 5.74) is 0.923. The lowest BCUT2D eigenvalue weighted by Crippen LogP contribution is -2.21. The maximum atomic E-state index is 12.5. The molecule has 112 valence electrons. The summed E-state index contributed by atoms with van der Waals surface area (Å²) in [5.74, 6) is 0. The second kappa shape index (κ2) is 6.61. The van der Waals surface area contributed by atoms with Gasteiger partial charge in [-0.2, -0.15) is 13.2 Å². The first-order chi connectivity index (χ1) is 9.99. The highest BCUT2D eigenvalue weighted by molar-refractivity contribution is 5.42. The molecule has 1 atom stereocenters. The number of pyridine rings is 1. The number of alkyl halides is 3. The van der Waals surface area contributed by atoms with Crippen LogP contribution in [0.5, 0.6) is 0 Å². The average molecular weight is 294 g/mol. The molecule has 0 amide bonds. The normalized spacial score (nSPS) is 13.0. The molecule has 1 heterocycles. The van der Waals surface area contributed by atoms with Gasteiger partial charge in [0.15, 0.2) is 0 Å². The summed E-state index contributed by atoms with van der Waals surface area (Å²) in [7, 11) is 0. The molecule has 0 radical (unpaired) electrons. The van der Waals surface area contributed by atoms with Crippen LogP contribution in [0.4, 0.5) is 18.9 Å². The minimum atomic E-state index is -4.40. The van der Waals surface area contributed by atoms with Gasteiger partial charge in [-0.3, -0.25) is 0 Å². The molecular formula is C16H17F3N2. The lowest BCUT2D eigenvalue weighted by atomic mass is 10.0. The summed E-state index contributed by atoms with van der Waals surface area (Å²) < 4.78 is 37.4. The van der Waals surface area contributed by atoms with Gasteiger partial charge in [0.1, 0.15) is 5.69 Å². The molecule has 1 N–H and O–H groups in total. The number of benzene rings is 1. The summed E-state index contributed by atoms with van der Waals surface area (Å²) >= 11 is 0. The lowest BCUT2D eigenvalue weighted by molar-refractivity contribution is -0.141. The first-order valence-corrected chi connectivity index (χ1v) is 6.82. The van der Waals surface area contributed by atoms with E-state index in [4.69, 9.17) is 0 Å². The maximum Gasteiger partial charge on any atom is 0.433 e. The number of anilines is 1. The highest BCUT2D eigenvalue weighted by Crippen LogP contribution is 2.28. The van der Waals surface area contributed by atoms with Crippen molar-refractivity contribution in [3.63, 3.8) is 0 Å². The number of hydrogen-bond donors (Lipinski definition) is 1. The van der Waals surface area contributed by atoms with E-state index >= 15 is 0 Å². The Morgan fingerprint density at radius 1 is 1.10 bits per heavy atom. The molecule has 1 unspecified atom stereocenters. The van der Waals surface area contributed by atoms with Crippen LogP contribution >= 0.6 is 0 Å². The van der Waals surface area contributed by atoms with Crippen molar-refractivity contribution < 1.29 is 13.2 Å². The monoisotopic (exact) mass is 294 g/mol. The Morgan fingerprint density at radius 2 is 1.81 bits per heavy atom. The molecule has 0 fully saturated rings. The fraction of sp³-hybridized carbons (Fsp3) is 0.312. The Balaban J connectivity index is 2.02. The molecule has 0 saturated heterocycles. The van der Waals surface area contributed by atoms with Crippen LogP contribution < -0.4 is 5.32 Å². The molecule has 2 nitrogen and oxygen atoms in total. The van der Waals surface area contributed by atoms with E-state index in [9.17, 15) is 13.2 Å². The van der Waals surface area contributed by atoms with Crippen molar-refractivity contribution in [1.82, 2.24) is 4.98 Å². The third-order valence-electron chi connectivity index (χ3n) is 3.24. The van der Waals surface area contributed by atoms with Crippen LogP contribution in [0.3, 0.4) is 0 Å². The van der Waals surface area contributed by atoms with Gasteiger partial charge in [-0.25, -0.2) is 4.98 Å². The van der Waals surface area contributed by atoms with Crippen molar-refractivity contribution in [2.75, 3.05) is 5.32 Å². The van der Waals surface area contributed by atoms with Crippen LogP contribution in [0.25, 0.3) is 0 Å². The Morgan fingerprint density at radius 3 is 2.33 bits per heavy atom. The van der Waals surface area contributed by atoms with Crippen molar-refractivity contribution in [2.24, 2.45) is 0 Å². The zero-order valence-corrected chi connectivity index (χ0v) is 11.7. The molecule has 1 aromatic heterocycles. The van der Waals surface area contributed by atoms with Gasteiger partial charge in [-0.15, -0.1) is 0 Å². The topological polar surface area (TPSA) is 24.9 Å². The molecule has 0 saturated carbocycles. The van der Waals surface area contributed by atoms with E-state index in [1.54, 1.807) is 0 Å². The predicted octanol–water partition coefficient (Wildman–Crippen LogP) is 4.53. The number of halogens is 3. The summed E-state index contributed by atoms with van der Waals surface area (Å²) in [6, 6.07) is 12.6. The molecule has 0 aliphatic carbocycles. The van der Waals surface area contributed by atoms with Crippen molar-refractivity contribution >= 4 is 5.69 Å². The standard InChI is InChI=1S/C16H17F3N2/c1-2-13(10-12-6-4-3-5-7-12)21-14-8-9-15(20-11-14)16(17,18)19/h3-9,11,13,21H,2,10H2,1H3. The van der Waals surface area contributed by atoms with Gasteiger partial charge in [0, 0.05) is 6.04 Å². The molecule has 0 aliphatic rings. The number of rotatable bonds is 5. The average Bonchev–Trinajstić information content (AvgIpc) is 2.47. The molecule has 0 aliphatic heterocycles. The van der Waals surface area contributed by atoms with Gasteiger partial charge < -0.3 is 5.32 Å². The number of nitrogens with one attached hydrogen (secondary N) is 1. The van der Waals surface area contributed by atoms with Crippen LogP contribution in [0, 0.1) is 0 Å². The maximum absolute atomic E-state index is 12.5. The smallest absolute Gasteiger partial charge is 0.381 e. The third-order valence-corrected chi connectivity index (χ3v) is 3.24. The second-order valence-corrected chi connectivity index (χ2v) is 4.87. The number of nitrogens with zero attached hydrogens (tertiary/aromatic N) is 1. The SMILES string of the molecule is CCC(Cc1ccccc1)Nc1ccc(C(F)(F)F)nc1. The zero-order chi connectivity index (χ0) is 15.3. The van der Waals surface area contributed by atoms with Gasteiger partial charge in [-0.1, -0.05) is 37.3 Å². The summed E-state index contributed by atoms with van der Waals surface area (Å²) in [6.07, 6.45) is -1.47. The van der Waals surface area contributed by atoms with Crippen LogP contribution in [0.15, 0.2) is 48.7 Å². The van der Waals surface area contributed by atoms with Gasteiger partial charge in [0.2, 0.25) is 0 Å². The minimum absolute atomic E-state index is 0.158. The van der Waals surface area contributed by atoms with Gasteiger partial charge in [0.05, 0.1) is 11.9 Å². The molecule has 2 rings (SSSR count). The highest BCUT2D eigenvalue weighted by Gasteiger charge is 2.32. The largest absolute Gasteiger partial charge is 0.433 e. The van der Waals surface area contributed by atoms with E-state index < -0.39 is 11.9 Å². The Kier molecular flexibility index (Phi) is 4.83. The van der Waals surface area contributed by atoms with Gasteiger partial charge >= 0.3 is 6.18 Å². The fourth-order valence-electron chi connectivity index (χ4n) is 2.08. The molecule has 1 aromatic carbocycles. The molecule has 21 heavy (non-hydrogen) atoms. The van der Waals surface area contributed by atoms with Crippen molar-refractivity contribution in [3.8, 4) is 0 Å². The molecule has 2 aromatic rings. The quantitative estimate of drug-likeness (QED) is 0.876. The molecule has 0 spiro atoms. The van der Waals surface area contributed by atoms with Crippen LogP contribution in [-0.4, -0.2) is 11.0 Å². The van der Waals surface area contributed by atoms with Crippen LogP contribution in [-0.2, 0) is 12.6 Å². The highest BCUT2D eigenvalue weighted by atomic mass is 19.4. The third kappa shape index (κ3) is 4.48. The molecule has 5 heteroatoms. The van der Waals surface area contributed by atoms with Gasteiger partial charge in [-0.05, 0) is 30.5 Å². The van der Waals surface area contributed by atoms with E-state index in [2.05, 4.69) is 10.3 Å². The molecular weight excluding hydrogens is 277 g/mol. The van der Waals surface area contributed by atoms with Crippen molar-refractivity contribution in [3.05, 3.63) is 59.9 Å². The van der Waals surface area contributed by atoms with Crippen molar-refractivity contribution in [1.29, 1.82) is 0 Å². The Bertz CT molecular complexity index is 550.